The number of aryl methyl sites for hydroxylation is 1. The van der Waals surface area contributed by atoms with E-state index in [1.54, 1.807) is 0 Å². The Morgan fingerprint density at radius 3 is 2.62 bits per heavy atom. The van der Waals surface area contributed by atoms with Gasteiger partial charge in [-0.05, 0) is 48.9 Å². The predicted octanol–water partition coefficient (Wildman–Crippen LogP) is 3.50. The summed E-state index contributed by atoms with van der Waals surface area (Å²) in [6.07, 6.45) is 0.715. The molecule has 0 bridgehead atoms. The number of ether oxygens (including phenoxy) is 1. The standard InChI is InChI=1S/C19H21N3O2/c1-3-18-21-17-10-5-13(11-16(17)19(23)22-18)12-20-14-6-8-15(9-7-14)24-4-2/h5-11,20H,3-4,12H2,1-2H3,(H,21,22,23). The number of fused-ring (bicyclic) bond motifs is 1. The summed E-state index contributed by atoms with van der Waals surface area (Å²) in [6.45, 7) is 5.23. The van der Waals surface area contributed by atoms with E-state index in [1.165, 1.54) is 0 Å². The molecule has 0 radical (unpaired) electrons. The number of aromatic nitrogens is 2. The second-order valence-electron chi connectivity index (χ2n) is 5.53. The molecular weight excluding hydrogens is 302 g/mol. The van der Waals surface area contributed by atoms with E-state index in [0.29, 0.717) is 30.8 Å². The molecule has 2 aromatic carbocycles. The summed E-state index contributed by atoms with van der Waals surface area (Å²) in [4.78, 5) is 19.4. The van der Waals surface area contributed by atoms with Crippen molar-refractivity contribution in [2.45, 2.75) is 26.8 Å². The number of nitrogens with zero attached hydrogens (tertiary/aromatic N) is 1. The van der Waals surface area contributed by atoms with Gasteiger partial charge in [0.25, 0.3) is 5.56 Å². The van der Waals surface area contributed by atoms with Crippen molar-refractivity contribution in [3.63, 3.8) is 0 Å². The molecule has 0 saturated heterocycles. The van der Waals surface area contributed by atoms with Gasteiger partial charge < -0.3 is 15.0 Å². The number of rotatable bonds is 6. The summed E-state index contributed by atoms with van der Waals surface area (Å²) in [5.74, 6) is 1.57. The van der Waals surface area contributed by atoms with Crippen molar-refractivity contribution in [2.24, 2.45) is 0 Å². The Labute approximate surface area is 140 Å². The zero-order chi connectivity index (χ0) is 16.9. The number of hydrogen-bond acceptors (Lipinski definition) is 4. The number of benzene rings is 2. The molecule has 0 atom stereocenters. The van der Waals surface area contributed by atoms with E-state index in [0.717, 1.165) is 22.5 Å². The fraction of sp³-hybridized carbons (Fsp3) is 0.263. The first-order chi connectivity index (χ1) is 11.7. The molecule has 0 saturated carbocycles. The molecule has 0 aliphatic rings. The van der Waals surface area contributed by atoms with Crippen LogP contribution in [0.25, 0.3) is 10.9 Å². The van der Waals surface area contributed by atoms with E-state index in [-0.39, 0.29) is 5.56 Å². The van der Waals surface area contributed by atoms with Gasteiger partial charge in [0.1, 0.15) is 11.6 Å². The van der Waals surface area contributed by atoms with Crippen LogP contribution in [0.3, 0.4) is 0 Å². The number of H-pyrrole nitrogens is 1. The van der Waals surface area contributed by atoms with Crippen molar-refractivity contribution in [2.75, 3.05) is 11.9 Å². The Balaban J connectivity index is 1.75. The van der Waals surface area contributed by atoms with E-state index in [4.69, 9.17) is 4.74 Å². The van der Waals surface area contributed by atoms with Crippen LogP contribution in [0.2, 0.25) is 0 Å². The van der Waals surface area contributed by atoms with Crippen LogP contribution in [0.15, 0.2) is 47.3 Å². The highest BCUT2D eigenvalue weighted by Gasteiger charge is 2.04. The molecule has 0 spiro atoms. The maximum Gasteiger partial charge on any atom is 0.258 e. The lowest BCUT2D eigenvalue weighted by Gasteiger charge is -2.09. The maximum atomic E-state index is 12.2. The summed E-state index contributed by atoms with van der Waals surface area (Å²) in [5.41, 5.74) is 2.69. The maximum absolute atomic E-state index is 12.2. The highest BCUT2D eigenvalue weighted by molar-refractivity contribution is 5.78. The minimum absolute atomic E-state index is 0.0835. The Bertz CT molecular complexity index is 885. The fourth-order valence-corrected chi connectivity index (χ4v) is 2.55. The van der Waals surface area contributed by atoms with Crippen LogP contribution < -0.4 is 15.6 Å². The van der Waals surface area contributed by atoms with E-state index in [2.05, 4.69) is 15.3 Å². The Morgan fingerprint density at radius 1 is 1.12 bits per heavy atom. The zero-order valence-corrected chi connectivity index (χ0v) is 13.9. The molecule has 124 valence electrons. The molecule has 0 amide bonds. The van der Waals surface area contributed by atoms with Crippen LogP contribution >= 0.6 is 0 Å². The molecule has 3 aromatic rings. The van der Waals surface area contributed by atoms with Crippen LogP contribution in [-0.2, 0) is 13.0 Å². The van der Waals surface area contributed by atoms with Gasteiger partial charge in [-0.25, -0.2) is 4.98 Å². The van der Waals surface area contributed by atoms with Crippen molar-refractivity contribution in [1.82, 2.24) is 9.97 Å². The lowest BCUT2D eigenvalue weighted by Crippen LogP contribution is -2.12. The molecule has 1 heterocycles. The normalized spacial score (nSPS) is 10.8. The molecule has 5 nitrogen and oxygen atoms in total. The minimum atomic E-state index is -0.0835. The van der Waals surface area contributed by atoms with Gasteiger partial charge in [0.05, 0.1) is 17.5 Å². The lowest BCUT2D eigenvalue weighted by molar-refractivity contribution is 0.340. The van der Waals surface area contributed by atoms with Gasteiger partial charge in [-0.1, -0.05) is 13.0 Å². The third-order valence-electron chi connectivity index (χ3n) is 3.82. The highest BCUT2D eigenvalue weighted by Crippen LogP contribution is 2.17. The van der Waals surface area contributed by atoms with Gasteiger partial charge in [0.2, 0.25) is 0 Å². The van der Waals surface area contributed by atoms with Gasteiger partial charge in [0, 0.05) is 18.7 Å². The molecule has 2 N–H and O–H groups in total. The summed E-state index contributed by atoms with van der Waals surface area (Å²) in [6, 6.07) is 13.6. The Kier molecular flexibility index (Phi) is 4.79. The molecule has 0 aliphatic heterocycles. The summed E-state index contributed by atoms with van der Waals surface area (Å²) < 4.78 is 5.43. The van der Waals surface area contributed by atoms with Crippen LogP contribution in [-0.4, -0.2) is 16.6 Å². The van der Waals surface area contributed by atoms with Crippen molar-refractivity contribution in [3.05, 3.63) is 64.2 Å². The van der Waals surface area contributed by atoms with Gasteiger partial charge in [0.15, 0.2) is 0 Å². The third kappa shape index (κ3) is 3.56. The second kappa shape index (κ2) is 7.17. The van der Waals surface area contributed by atoms with E-state index in [1.807, 2.05) is 56.3 Å². The van der Waals surface area contributed by atoms with Crippen molar-refractivity contribution in [1.29, 1.82) is 0 Å². The van der Waals surface area contributed by atoms with Crippen LogP contribution in [0.5, 0.6) is 5.75 Å². The summed E-state index contributed by atoms with van der Waals surface area (Å²) in [7, 11) is 0. The zero-order valence-electron chi connectivity index (χ0n) is 13.9. The number of nitrogens with one attached hydrogen (secondary N) is 2. The first-order valence-electron chi connectivity index (χ1n) is 8.18. The van der Waals surface area contributed by atoms with Gasteiger partial charge in [-0.3, -0.25) is 4.79 Å². The lowest BCUT2D eigenvalue weighted by atomic mass is 10.1. The SMILES string of the molecule is CCOc1ccc(NCc2ccc3nc(CC)[nH]c(=O)c3c2)cc1. The Morgan fingerprint density at radius 2 is 1.92 bits per heavy atom. The number of hydrogen-bond donors (Lipinski definition) is 2. The van der Waals surface area contributed by atoms with E-state index >= 15 is 0 Å². The van der Waals surface area contributed by atoms with Crippen LogP contribution in [0.4, 0.5) is 5.69 Å². The monoisotopic (exact) mass is 323 g/mol. The Hall–Kier alpha value is -2.82. The van der Waals surface area contributed by atoms with E-state index < -0.39 is 0 Å². The topological polar surface area (TPSA) is 67.0 Å². The van der Waals surface area contributed by atoms with E-state index in [9.17, 15) is 4.79 Å². The fourth-order valence-electron chi connectivity index (χ4n) is 2.55. The van der Waals surface area contributed by atoms with Crippen molar-refractivity contribution in [3.8, 4) is 5.75 Å². The number of anilines is 1. The highest BCUT2D eigenvalue weighted by atomic mass is 16.5. The quantitative estimate of drug-likeness (QED) is 0.728. The molecule has 0 aliphatic carbocycles. The van der Waals surface area contributed by atoms with Gasteiger partial charge in [-0.15, -0.1) is 0 Å². The second-order valence-corrected chi connectivity index (χ2v) is 5.53. The molecule has 24 heavy (non-hydrogen) atoms. The smallest absolute Gasteiger partial charge is 0.258 e. The van der Waals surface area contributed by atoms with Crippen LogP contribution in [0, 0.1) is 0 Å². The van der Waals surface area contributed by atoms with Gasteiger partial charge in [-0.2, -0.15) is 0 Å². The minimum Gasteiger partial charge on any atom is -0.494 e. The predicted molar refractivity (Wildman–Crippen MR) is 96.7 cm³/mol. The molecule has 1 aromatic heterocycles. The van der Waals surface area contributed by atoms with Gasteiger partial charge >= 0.3 is 0 Å². The average Bonchev–Trinajstić information content (AvgIpc) is 2.61. The molecule has 3 rings (SSSR count). The molecule has 0 fully saturated rings. The molecule has 0 unspecified atom stereocenters. The largest absolute Gasteiger partial charge is 0.494 e. The average molecular weight is 323 g/mol. The molecule has 5 heteroatoms. The first kappa shape index (κ1) is 16.1. The molecular formula is C19H21N3O2. The number of aromatic amines is 1. The van der Waals surface area contributed by atoms with Crippen molar-refractivity contribution < 1.29 is 4.74 Å². The van der Waals surface area contributed by atoms with Crippen LogP contribution in [0.1, 0.15) is 25.2 Å². The summed E-state index contributed by atoms with van der Waals surface area (Å²) >= 11 is 0. The third-order valence-corrected chi connectivity index (χ3v) is 3.82. The first-order valence-corrected chi connectivity index (χ1v) is 8.18. The summed E-state index contributed by atoms with van der Waals surface area (Å²) in [5, 5.41) is 3.97. The van der Waals surface area contributed by atoms with Crippen molar-refractivity contribution >= 4 is 16.6 Å².